The Kier molecular flexibility index (Phi) is 7.84. The van der Waals surface area contributed by atoms with E-state index in [2.05, 4.69) is 15.0 Å². The number of hydrogen-bond acceptors (Lipinski definition) is 6. The Morgan fingerprint density at radius 2 is 1.62 bits per heavy atom. The molecule has 3 N–H and O–H groups in total. The van der Waals surface area contributed by atoms with Crippen molar-refractivity contribution in [1.29, 1.82) is 0 Å². The van der Waals surface area contributed by atoms with Crippen LogP contribution in [0.3, 0.4) is 0 Å². The number of nitrogens with one attached hydrogen (secondary N) is 1. The summed E-state index contributed by atoms with van der Waals surface area (Å²) < 4.78 is 84.3. The molecule has 0 saturated heterocycles. The van der Waals surface area contributed by atoms with Gasteiger partial charge in [0.05, 0.1) is 30.8 Å². The van der Waals surface area contributed by atoms with Crippen molar-refractivity contribution >= 4 is 23.4 Å². The maximum atomic E-state index is 13.6. The second-order valence-electron chi connectivity index (χ2n) is 8.00. The second kappa shape index (κ2) is 10.5. The number of halogens is 6. The first-order valence-electron chi connectivity index (χ1n) is 10.8. The van der Waals surface area contributed by atoms with E-state index in [4.69, 9.17) is 5.73 Å². The Balaban J connectivity index is 1.92. The van der Waals surface area contributed by atoms with Crippen LogP contribution in [0.4, 0.5) is 32.0 Å². The van der Waals surface area contributed by atoms with Crippen LogP contribution in [0.25, 0.3) is 0 Å². The van der Waals surface area contributed by atoms with E-state index in [9.17, 15) is 35.9 Å². The zero-order valence-electron chi connectivity index (χ0n) is 19.6. The van der Waals surface area contributed by atoms with Crippen molar-refractivity contribution in [2.75, 3.05) is 25.1 Å². The summed E-state index contributed by atoms with van der Waals surface area (Å²) in [4.78, 5) is 29.9. The summed E-state index contributed by atoms with van der Waals surface area (Å²) in [6, 6.07) is 8.75. The molecule has 1 unspecified atom stereocenters. The number of anilines is 1. The second-order valence-corrected chi connectivity index (χ2v) is 8.00. The van der Waals surface area contributed by atoms with Gasteiger partial charge in [-0.3, -0.25) is 9.79 Å². The average molecular weight is 528 g/mol. The Bertz CT molecular complexity index is 1220. The molecule has 2 aromatic rings. The van der Waals surface area contributed by atoms with E-state index in [1.54, 1.807) is 0 Å². The third-order valence-corrected chi connectivity index (χ3v) is 5.55. The first kappa shape index (κ1) is 27.6. The van der Waals surface area contributed by atoms with Crippen LogP contribution in [0.1, 0.15) is 34.5 Å². The maximum Gasteiger partial charge on any atom is 0.431 e. The van der Waals surface area contributed by atoms with E-state index in [0.717, 1.165) is 24.3 Å². The monoisotopic (exact) mass is 528 g/mol. The highest BCUT2D eigenvalue weighted by Gasteiger charge is 2.40. The minimum absolute atomic E-state index is 0.0111. The van der Waals surface area contributed by atoms with Gasteiger partial charge < -0.3 is 20.7 Å². The molecule has 1 amide bonds. The summed E-state index contributed by atoms with van der Waals surface area (Å²) in [5.41, 5.74) is 2.59. The zero-order valence-corrected chi connectivity index (χ0v) is 19.6. The molecule has 0 spiro atoms. The molecular weight excluding hydrogens is 506 g/mol. The highest BCUT2D eigenvalue weighted by molar-refractivity contribution is 6.27. The van der Waals surface area contributed by atoms with Crippen LogP contribution >= 0.6 is 0 Å². The van der Waals surface area contributed by atoms with Gasteiger partial charge in [0.25, 0.3) is 5.91 Å². The Hall–Kier alpha value is -4.03. The van der Waals surface area contributed by atoms with Crippen LogP contribution in [-0.2, 0) is 15.7 Å². The lowest BCUT2D eigenvalue weighted by atomic mass is 10.0. The topological polar surface area (TPSA) is 97.0 Å². The summed E-state index contributed by atoms with van der Waals surface area (Å²) >= 11 is 0. The SMILES string of the molecule is COC(=O)c1ccc(C(C)NC(=O)C(C2=NCCN2c2ccc(C(F)(F)F)cc2)=C(N)C(F)(F)F)cc1. The van der Waals surface area contributed by atoms with Crippen LogP contribution in [0.5, 0.6) is 0 Å². The molecule has 37 heavy (non-hydrogen) atoms. The number of carbonyl (C=O) groups excluding carboxylic acids is 2. The number of methoxy groups -OCH3 is 1. The van der Waals surface area contributed by atoms with Gasteiger partial charge in [-0.15, -0.1) is 0 Å². The van der Waals surface area contributed by atoms with Crippen molar-refractivity contribution in [3.8, 4) is 0 Å². The standard InChI is InChI=1S/C24H22F6N4O3/c1-13(14-3-5-15(6-4-14)22(36)37-2)33-21(35)18(19(31)24(28,29)30)20-32-11-12-34(20)17-9-7-16(8-10-17)23(25,26)27/h3-10,13H,11-12,31H2,1-2H3,(H,33,35). The third-order valence-electron chi connectivity index (χ3n) is 5.55. The van der Waals surface area contributed by atoms with Crippen LogP contribution in [0.15, 0.2) is 64.8 Å². The molecule has 1 heterocycles. The number of esters is 1. The number of benzene rings is 2. The Morgan fingerprint density at radius 1 is 1.03 bits per heavy atom. The molecule has 13 heteroatoms. The molecule has 0 bridgehead atoms. The van der Waals surface area contributed by atoms with Crippen LogP contribution in [0.2, 0.25) is 0 Å². The van der Waals surface area contributed by atoms with Crippen molar-refractivity contribution < 1.29 is 40.7 Å². The maximum absolute atomic E-state index is 13.6. The summed E-state index contributed by atoms with van der Waals surface area (Å²) in [5, 5.41) is 2.44. The van der Waals surface area contributed by atoms with Gasteiger partial charge in [0, 0.05) is 12.2 Å². The number of alkyl halides is 6. The molecule has 1 aliphatic heterocycles. The van der Waals surface area contributed by atoms with Gasteiger partial charge in [-0.05, 0) is 48.9 Å². The molecule has 198 valence electrons. The van der Waals surface area contributed by atoms with E-state index in [1.165, 1.54) is 43.2 Å². The third kappa shape index (κ3) is 6.22. The number of amidine groups is 1. The summed E-state index contributed by atoms with van der Waals surface area (Å²) in [6.07, 6.45) is -9.69. The number of aliphatic imine (C=N–C) groups is 1. The van der Waals surface area contributed by atoms with Gasteiger partial charge in [-0.25, -0.2) is 4.79 Å². The van der Waals surface area contributed by atoms with Gasteiger partial charge >= 0.3 is 18.3 Å². The van der Waals surface area contributed by atoms with Gasteiger partial charge in [0.2, 0.25) is 0 Å². The fourth-order valence-electron chi connectivity index (χ4n) is 3.61. The number of amides is 1. The summed E-state index contributed by atoms with van der Waals surface area (Å²) in [6.45, 7) is 1.52. The minimum atomic E-state index is -5.09. The van der Waals surface area contributed by atoms with Gasteiger partial charge in [-0.1, -0.05) is 12.1 Å². The molecule has 1 atom stereocenters. The molecule has 0 saturated carbocycles. The van der Waals surface area contributed by atoms with Crippen LogP contribution in [-0.4, -0.2) is 44.1 Å². The zero-order chi connectivity index (χ0) is 27.5. The molecular formula is C24H22F6N4O3. The van der Waals surface area contributed by atoms with E-state index in [1.807, 2.05) is 0 Å². The molecule has 3 rings (SSSR count). The van der Waals surface area contributed by atoms with Crippen molar-refractivity contribution in [1.82, 2.24) is 5.32 Å². The molecule has 0 fully saturated rings. The predicted octanol–water partition coefficient (Wildman–Crippen LogP) is 4.36. The molecule has 1 aliphatic rings. The molecule has 0 radical (unpaired) electrons. The fourth-order valence-corrected chi connectivity index (χ4v) is 3.61. The van der Waals surface area contributed by atoms with Crippen molar-refractivity contribution in [2.24, 2.45) is 10.7 Å². The first-order chi connectivity index (χ1) is 17.2. The number of ether oxygens (including phenoxy) is 1. The lowest BCUT2D eigenvalue weighted by Gasteiger charge is -2.25. The quantitative estimate of drug-likeness (QED) is 0.330. The smallest absolute Gasteiger partial charge is 0.431 e. The van der Waals surface area contributed by atoms with Gasteiger partial charge in [0.1, 0.15) is 17.1 Å². The number of allylic oxidation sites excluding steroid dienone is 1. The first-order valence-corrected chi connectivity index (χ1v) is 10.8. The fraction of sp³-hybridized carbons (Fsp3) is 0.292. The highest BCUT2D eigenvalue weighted by Crippen LogP contribution is 2.33. The van der Waals surface area contributed by atoms with E-state index in [0.29, 0.717) is 5.56 Å². The molecule has 0 aromatic heterocycles. The molecule has 2 aromatic carbocycles. The van der Waals surface area contributed by atoms with Crippen molar-refractivity contribution in [3.63, 3.8) is 0 Å². The number of nitrogens with zero attached hydrogens (tertiary/aromatic N) is 2. The van der Waals surface area contributed by atoms with Crippen molar-refractivity contribution in [2.45, 2.75) is 25.3 Å². The van der Waals surface area contributed by atoms with Crippen LogP contribution < -0.4 is 16.0 Å². The minimum Gasteiger partial charge on any atom is -0.465 e. The summed E-state index contributed by atoms with van der Waals surface area (Å²) in [5.74, 6) is -2.19. The number of rotatable bonds is 6. The van der Waals surface area contributed by atoms with Crippen molar-refractivity contribution in [3.05, 3.63) is 76.5 Å². The number of carbonyl (C=O) groups is 2. The normalized spacial score (nSPS) is 15.6. The highest BCUT2D eigenvalue weighted by atomic mass is 19.4. The lowest BCUT2D eigenvalue weighted by Crippen LogP contribution is -2.41. The average Bonchev–Trinajstić information content (AvgIpc) is 3.32. The number of nitrogens with two attached hydrogens (primary N) is 1. The van der Waals surface area contributed by atoms with Gasteiger partial charge in [-0.2, -0.15) is 26.3 Å². The largest absolute Gasteiger partial charge is 0.465 e. The molecule has 0 aliphatic carbocycles. The Morgan fingerprint density at radius 3 is 2.14 bits per heavy atom. The predicted molar refractivity (Wildman–Crippen MR) is 123 cm³/mol. The summed E-state index contributed by atoms with van der Waals surface area (Å²) in [7, 11) is 1.21. The number of hydrogen-bond donors (Lipinski definition) is 2. The van der Waals surface area contributed by atoms with E-state index >= 15 is 0 Å². The molecule has 7 nitrogen and oxygen atoms in total. The van der Waals surface area contributed by atoms with Gasteiger partial charge in [0.15, 0.2) is 0 Å². The van der Waals surface area contributed by atoms with E-state index in [-0.39, 0.29) is 24.3 Å². The lowest BCUT2D eigenvalue weighted by molar-refractivity contribution is -0.137. The Labute approximate surface area is 207 Å². The van der Waals surface area contributed by atoms with Crippen LogP contribution in [0, 0.1) is 0 Å². The van der Waals surface area contributed by atoms with E-state index < -0.39 is 52.9 Å².